The van der Waals surface area contributed by atoms with Gasteiger partial charge in [0.1, 0.15) is 5.78 Å². The number of hydrogen-bond acceptors (Lipinski definition) is 2. The molecule has 1 fully saturated rings. The lowest BCUT2D eigenvalue weighted by molar-refractivity contribution is -0.117. The van der Waals surface area contributed by atoms with Crippen LogP contribution in [0.3, 0.4) is 0 Å². The van der Waals surface area contributed by atoms with Crippen molar-refractivity contribution in [1.82, 2.24) is 0 Å². The minimum atomic E-state index is 0.243. The quantitative estimate of drug-likeness (QED) is 0.763. The molecule has 2 rings (SSSR count). The maximum Gasteiger partial charge on any atom is 0.133 e. The van der Waals surface area contributed by atoms with Gasteiger partial charge in [0.05, 0.1) is 0 Å². The van der Waals surface area contributed by atoms with E-state index in [1.54, 1.807) is 0 Å². The van der Waals surface area contributed by atoms with Crippen molar-refractivity contribution in [3.8, 4) is 0 Å². The van der Waals surface area contributed by atoms with Gasteiger partial charge in [0.15, 0.2) is 0 Å². The molecule has 1 aliphatic carbocycles. The molecule has 0 bridgehead atoms. The van der Waals surface area contributed by atoms with E-state index in [4.69, 9.17) is 0 Å². The van der Waals surface area contributed by atoms with Crippen LogP contribution in [0.15, 0.2) is 12.1 Å². The van der Waals surface area contributed by atoms with E-state index in [0.717, 1.165) is 32.1 Å². The predicted octanol–water partition coefficient (Wildman–Crippen LogP) is 3.61. The van der Waals surface area contributed by atoms with Gasteiger partial charge in [0.2, 0.25) is 0 Å². The number of carbonyl (C=O) groups is 1. The summed E-state index contributed by atoms with van der Waals surface area (Å²) in [7, 11) is 0. The molecule has 1 nitrogen and oxygen atoms in total. The topological polar surface area (TPSA) is 17.1 Å². The third-order valence-corrected chi connectivity index (χ3v) is 4.53. The third-order valence-electron chi connectivity index (χ3n) is 3.30. The summed E-state index contributed by atoms with van der Waals surface area (Å²) in [4.78, 5) is 14.2. The number of ketones is 1. The Morgan fingerprint density at radius 3 is 2.67 bits per heavy atom. The van der Waals surface area contributed by atoms with Crippen molar-refractivity contribution in [3.63, 3.8) is 0 Å². The summed E-state index contributed by atoms with van der Waals surface area (Å²) in [6.07, 6.45) is 4.86. The van der Waals surface area contributed by atoms with Crippen molar-refractivity contribution in [2.75, 3.05) is 0 Å². The van der Waals surface area contributed by atoms with Crippen molar-refractivity contribution in [3.05, 3.63) is 21.9 Å². The molecule has 1 unspecified atom stereocenters. The first-order valence-corrected chi connectivity index (χ1v) is 6.52. The molecule has 2 heteroatoms. The molecule has 1 heterocycles. The number of aryl methyl sites for hydroxylation is 1. The van der Waals surface area contributed by atoms with Gasteiger partial charge >= 0.3 is 0 Å². The van der Waals surface area contributed by atoms with Crippen molar-refractivity contribution >= 4 is 17.1 Å². The molecule has 0 saturated heterocycles. The highest BCUT2D eigenvalue weighted by Gasteiger charge is 2.34. The Bertz CT molecular complexity index is 366. The summed E-state index contributed by atoms with van der Waals surface area (Å²) in [6.45, 7) is 4.44. The number of carbonyl (C=O) groups excluding carboxylic acids is 1. The average molecular weight is 222 g/mol. The maximum atomic E-state index is 11.3. The first kappa shape index (κ1) is 10.9. The van der Waals surface area contributed by atoms with Crippen LogP contribution in [0.4, 0.5) is 0 Å². The van der Waals surface area contributed by atoms with Gasteiger partial charge in [-0.05, 0) is 36.8 Å². The van der Waals surface area contributed by atoms with Crippen LogP contribution in [0.25, 0.3) is 0 Å². The van der Waals surface area contributed by atoms with Crippen LogP contribution in [0, 0.1) is 5.41 Å². The van der Waals surface area contributed by atoms with Crippen molar-refractivity contribution in [2.24, 2.45) is 5.41 Å². The smallest absolute Gasteiger partial charge is 0.133 e. The summed E-state index contributed by atoms with van der Waals surface area (Å²) in [5.41, 5.74) is 0.243. The zero-order valence-electron chi connectivity index (χ0n) is 9.51. The van der Waals surface area contributed by atoms with Gasteiger partial charge in [-0.15, -0.1) is 11.3 Å². The molecule has 15 heavy (non-hydrogen) atoms. The summed E-state index contributed by atoms with van der Waals surface area (Å²) < 4.78 is 0. The van der Waals surface area contributed by atoms with E-state index in [0.29, 0.717) is 5.78 Å². The SMILES string of the molecule is CCc1ccc(CC2(C)CCC(=O)C2)s1. The number of hydrogen-bond donors (Lipinski definition) is 0. The minimum absolute atomic E-state index is 0.243. The highest BCUT2D eigenvalue weighted by atomic mass is 32.1. The van der Waals surface area contributed by atoms with Crippen LogP contribution in [-0.4, -0.2) is 5.78 Å². The summed E-state index contributed by atoms with van der Waals surface area (Å²) >= 11 is 1.91. The molecule has 1 aromatic rings. The fourth-order valence-electron chi connectivity index (χ4n) is 2.37. The predicted molar refractivity (Wildman–Crippen MR) is 64.4 cm³/mol. The fourth-order valence-corrected chi connectivity index (χ4v) is 3.55. The number of thiophene rings is 1. The summed E-state index contributed by atoms with van der Waals surface area (Å²) in [5.74, 6) is 0.449. The van der Waals surface area contributed by atoms with Gasteiger partial charge in [-0.2, -0.15) is 0 Å². The largest absolute Gasteiger partial charge is 0.300 e. The van der Waals surface area contributed by atoms with Gasteiger partial charge in [-0.1, -0.05) is 13.8 Å². The molecule has 0 aromatic carbocycles. The summed E-state index contributed by atoms with van der Waals surface area (Å²) in [6, 6.07) is 4.46. The highest BCUT2D eigenvalue weighted by Crippen LogP contribution is 2.39. The molecule has 82 valence electrons. The molecule has 1 saturated carbocycles. The minimum Gasteiger partial charge on any atom is -0.300 e. The van der Waals surface area contributed by atoms with E-state index in [2.05, 4.69) is 26.0 Å². The number of Topliss-reactive ketones (excluding diaryl/α,β-unsaturated/α-hetero) is 1. The average Bonchev–Trinajstić information content (AvgIpc) is 2.74. The fraction of sp³-hybridized carbons (Fsp3) is 0.615. The third kappa shape index (κ3) is 2.49. The molecular weight excluding hydrogens is 204 g/mol. The second-order valence-corrected chi connectivity index (χ2v) is 6.18. The molecule has 0 radical (unpaired) electrons. The Morgan fingerprint density at radius 2 is 2.13 bits per heavy atom. The second-order valence-electron chi connectivity index (χ2n) is 4.92. The van der Waals surface area contributed by atoms with E-state index in [-0.39, 0.29) is 5.41 Å². The summed E-state index contributed by atoms with van der Waals surface area (Å²) in [5, 5.41) is 0. The first-order chi connectivity index (χ1) is 7.11. The zero-order valence-corrected chi connectivity index (χ0v) is 10.3. The molecule has 1 aliphatic rings. The lowest BCUT2D eigenvalue weighted by Gasteiger charge is -2.21. The van der Waals surface area contributed by atoms with Gasteiger partial charge in [-0.25, -0.2) is 0 Å². The standard InChI is InChI=1S/C13H18OS/c1-3-11-4-5-12(15-11)9-13(2)7-6-10(14)8-13/h4-5H,3,6-9H2,1-2H3. The van der Waals surface area contributed by atoms with E-state index in [1.807, 2.05) is 11.3 Å². The highest BCUT2D eigenvalue weighted by molar-refractivity contribution is 7.11. The first-order valence-electron chi connectivity index (χ1n) is 5.71. The monoisotopic (exact) mass is 222 g/mol. The molecule has 1 atom stereocenters. The lowest BCUT2D eigenvalue weighted by Crippen LogP contribution is -2.14. The second kappa shape index (κ2) is 4.09. The van der Waals surface area contributed by atoms with Crippen LogP contribution in [0.2, 0.25) is 0 Å². The van der Waals surface area contributed by atoms with E-state index >= 15 is 0 Å². The van der Waals surface area contributed by atoms with Crippen LogP contribution >= 0.6 is 11.3 Å². The van der Waals surface area contributed by atoms with Crippen LogP contribution in [0.5, 0.6) is 0 Å². The maximum absolute atomic E-state index is 11.3. The van der Waals surface area contributed by atoms with Crippen molar-refractivity contribution < 1.29 is 4.79 Å². The zero-order chi connectivity index (χ0) is 10.9. The van der Waals surface area contributed by atoms with Gasteiger partial charge < -0.3 is 0 Å². The van der Waals surface area contributed by atoms with E-state index in [1.165, 1.54) is 9.75 Å². The Hall–Kier alpha value is -0.630. The Balaban J connectivity index is 2.05. The van der Waals surface area contributed by atoms with Gasteiger partial charge in [-0.3, -0.25) is 4.79 Å². The molecule has 0 aliphatic heterocycles. The van der Waals surface area contributed by atoms with Crippen molar-refractivity contribution in [1.29, 1.82) is 0 Å². The van der Waals surface area contributed by atoms with E-state index < -0.39 is 0 Å². The molecule has 0 amide bonds. The van der Waals surface area contributed by atoms with E-state index in [9.17, 15) is 4.79 Å². The Morgan fingerprint density at radius 1 is 1.40 bits per heavy atom. The molecule has 1 aromatic heterocycles. The molecule has 0 spiro atoms. The van der Waals surface area contributed by atoms with Gasteiger partial charge in [0.25, 0.3) is 0 Å². The van der Waals surface area contributed by atoms with Crippen LogP contribution in [0.1, 0.15) is 42.9 Å². The Labute approximate surface area is 95.5 Å². The normalized spacial score (nSPS) is 26.1. The Kier molecular flexibility index (Phi) is 2.96. The van der Waals surface area contributed by atoms with Gasteiger partial charge in [0, 0.05) is 22.6 Å². The molecule has 0 N–H and O–H groups in total. The van der Waals surface area contributed by atoms with Crippen LogP contribution in [-0.2, 0) is 17.6 Å². The van der Waals surface area contributed by atoms with Crippen LogP contribution < -0.4 is 0 Å². The number of rotatable bonds is 3. The lowest BCUT2D eigenvalue weighted by atomic mass is 9.84. The molecular formula is C13H18OS. The van der Waals surface area contributed by atoms with Crippen molar-refractivity contribution in [2.45, 2.75) is 46.0 Å².